The van der Waals surface area contributed by atoms with Crippen LogP contribution in [-0.2, 0) is 14.3 Å². The number of unbranched alkanes of at least 4 members (excludes halogenated alkanes) is 1. The molecule has 0 unspecified atom stereocenters. The van der Waals surface area contributed by atoms with Gasteiger partial charge in [0.15, 0.2) is 5.17 Å². The molecular formula is C10H18N2O3S. The molecule has 0 saturated heterocycles. The molecule has 0 aliphatic rings. The van der Waals surface area contributed by atoms with Crippen LogP contribution in [0.3, 0.4) is 0 Å². The monoisotopic (exact) mass is 246 g/mol. The van der Waals surface area contributed by atoms with Crippen molar-refractivity contribution in [3.8, 4) is 0 Å². The van der Waals surface area contributed by atoms with Crippen LogP contribution in [0.5, 0.6) is 0 Å². The minimum absolute atomic E-state index is 0.0403. The first-order chi connectivity index (χ1) is 7.56. The molecule has 0 atom stereocenters. The highest BCUT2D eigenvalue weighted by Crippen LogP contribution is 2.07. The summed E-state index contributed by atoms with van der Waals surface area (Å²) in [5.74, 6) is 0.476. The summed E-state index contributed by atoms with van der Waals surface area (Å²) in [6.45, 7) is 0. The van der Waals surface area contributed by atoms with Gasteiger partial charge in [-0.05, 0) is 12.8 Å². The highest BCUT2D eigenvalue weighted by Gasteiger charge is 2.04. The van der Waals surface area contributed by atoms with Crippen LogP contribution in [0.2, 0.25) is 0 Å². The maximum absolute atomic E-state index is 11.3. The lowest BCUT2D eigenvalue weighted by Gasteiger charge is -2.00. The Morgan fingerprint density at radius 2 is 1.88 bits per heavy atom. The molecule has 0 aromatic rings. The van der Waals surface area contributed by atoms with Crippen molar-refractivity contribution in [2.75, 3.05) is 12.9 Å². The maximum atomic E-state index is 11.3. The van der Waals surface area contributed by atoms with Crippen LogP contribution in [0.1, 0.15) is 32.1 Å². The largest absolute Gasteiger partial charge is 0.469 e. The summed E-state index contributed by atoms with van der Waals surface area (Å²) >= 11 is 1.17. The Morgan fingerprint density at radius 3 is 2.44 bits per heavy atom. The quantitative estimate of drug-likeness (QED) is 0.291. The van der Waals surface area contributed by atoms with Gasteiger partial charge in [-0.25, -0.2) is 0 Å². The van der Waals surface area contributed by atoms with Gasteiger partial charge >= 0.3 is 5.97 Å². The van der Waals surface area contributed by atoms with Crippen LogP contribution in [0.15, 0.2) is 0 Å². The molecule has 16 heavy (non-hydrogen) atoms. The van der Waals surface area contributed by atoms with E-state index in [1.54, 1.807) is 0 Å². The fourth-order valence-corrected chi connectivity index (χ4v) is 1.64. The van der Waals surface area contributed by atoms with Crippen molar-refractivity contribution in [3.05, 3.63) is 0 Å². The zero-order chi connectivity index (χ0) is 12.4. The summed E-state index contributed by atoms with van der Waals surface area (Å²) in [5, 5.41) is 6.99. The number of ether oxygens (including phenoxy) is 1. The van der Waals surface area contributed by atoms with Gasteiger partial charge in [0.2, 0.25) is 0 Å². The highest BCUT2D eigenvalue weighted by molar-refractivity contribution is 8.13. The number of hydrogen-bond acceptors (Lipinski definition) is 5. The first-order valence-electron chi connectivity index (χ1n) is 5.11. The number of Topliss-reactive ketones (excluding diaryl/α,β-unsaturated/α-hetero) is 1. The fourth-order valence-electron chi connectivity index (χ4n) is 1.09. The Hall–Kier alpha value is -1.04. The molecule has 0 aromatic carbocycles. The molecule has 0 saturated carbocycles. The van der Waals surface area contributed by atoms with Crippen molar-refractivity contribution in [1.82, 2.24) is 0 Å². The predicted octanol–water partition coefficient (Wildman–Crippen LogP) is 1.31. The average Bonchev–Trinajstić information content (AvgIpc) is 2.23. The van der Waals surface area contributed by atoms with Gasteiger partial charge in [-0.2, -0.15) is 0 Å². The Labute approximate surface area is 99.6 Å². The van der Waals surface area contributed by atoms with E-state index in [1.807, 2.05) is 0 Å². The number of amidine groups is 1. The molecule has 6 heteroatoms. The number of hydrogen-bond donors (Lipinski definition) is 2. The van der Waals surface area contributed by atoms with Crippen molar-refractivity contribution in [3.63, 3.8) is 0 Å². The molecule has 0 amide bonds. The number of esters is 1. The molecule has 5 nitrogen and oxygen atoms in total. The molecule has 0 aromatic heterocycles. The van der Waals surface area contributed by atoms with Gasteiger partial charge in [0, 0.05) is 25.0 Å². The summed E-state index contributed by atoms with van der Waals surface area (Å²) in [7, 11) is 1.35. The lowest BCUT2D eigenvalue weighted by atomic mass is 10.1. The van der Waals surface area contributed by atoms with E-state index in [9.17, 15) is 9.59 Å². The molecule has 0 aliphatic heterocycles. The highest BCUT2D eigenvalue weighted by atomic mass is 32.2. The van der Waals surface area contributed by atoms with Crippen LogP contribution in [-0.4, -0.2) is 29.8 Å². The van der Waals surface area contributed by atoms with E-state index in [2.05, 4.69) is 4.74 Å². The van der Waals surface area contributed by atoms with Gasteiger partial charge in [0.25, 0.3) is 0 Å². The summed E-state index contributed by atoms with van der Waals surface area (Å²) in [4.78, 5) is 22.1. The van der Waals surface area contributed by atoms with E-state index >= 15 is 0 Å². The maximum Gasteiger partial charge on any atom is 0.305 e. The number of rotatable bonds is 8. The summed E-state index contributed by atoms with van der Waals surface area (Å²) in [5.41, 5.74) is 5.13. The lowest BCUT2D eigenvalue weighted by Crippen LogP contribution is -2.07. The van der Waals surface area contributed by atoms with E-state index < -0.39 is 0 Å². The third-order valence-corrected chi connectivity index (χ3v) is 2.67. The second-order valence-electron chi connectivity index (χ2n) is 3.28. The van der Waals surface area contributed by atoms with Crippen molar-refractivity contribution in [1.29, 1.82) is 5.41 Å². The molecule has 0 aliphatic carbocycles. The number of methoxy groups -OCH3 is 1. The fraction of sp³-hybridized carbons (Fsp3) is 0.700. The molecular weight excluding hydrogens is 228 g/mol. The number of nitrogens with one attached hydrogen (secondary N) is 1. The Bertz CT molecular complexity index is 256. The third kappa shape index (κ3) is 9.51. The predicted molar refractivity (Wildman–Crippen MR) is 64.5 cm³/mol. The van der Waals surface area contributed by atoms with Crippen LogP contribution < -0.4 is 5.73 Å². The smallest absolute Gasteiger partial charge is 0.305 e. The topological polar surface area (TPSA) is 93.2 Å². The summed E-state index contributed by atoms with van der Waals surface area (Å²) < 4.78 is 4.48. The van der Waals surface area contributed by atoms with Crippen molar-refractivity contribution < 1.29 is 14.3 Å². The normalized spacial score (nSPS) is 9.81. The van der Waals surface area contributed by atoms with Crippen LogP contribution >= 0.6 is 11.8 Å². The molecule has 0 heterocycles. The minimum Gasteiger partial charge on any atom is -0.469 e. The van der Waals surface area contributed by atoms with Crippen molar-refractivity contribution in [2.24, 2.45) is 5.73 Å². The van der Waals surface area contributed by atoms with Crippen LogP contribution in [0, 0.1) is 5.41 Å². The molecule has 0 spiro atoms. The Kier molecular flexibility index (Phi) is 8.61. The molecule has 0 rings (SSSR count). The first-order valence-corrected chi connectivity index (χ1v) is 6.10. The molecule has 0 radical (unpaired) electrons. The molecule has 0 fully saturated rings. The second-order valence-corrected chi connectivity index (χ2v) is 4.42. The molecule has 0 bridgehead atoms. The zero-order valence-electron chi connectivity index (χ0n) is 9.45. The number of thioether (sulfide) groups is 1. The van der Waals surface area contributed by atoms with E-state index in [0.717, 1.165) is 0 Å². The standard InChI is InChI=1S/C10H18N2O3S/c1-15-9(14)5-3-2-4-8(13)6-7-16-10(11)12/h2-7H2,1H3,(H3,11,12). The number of nitrogens with two attached hydrogens (primary N) is 1. The van der Waals surface area contributed by atoms with Gasteiger partial charge in [-0.1, -0.05) is 11.8 Å². The number of ketones is 1. The van der Waals surface area contributed by atoms with Crippen LogP contribution in [0.25, 0.3) is 0 Å². The first kappa shape index (κ1) is 15.0. The van der Waals surface area contributed by atoms with Gasteiger partial charge in [-0.15, -0.1) is 0 Å². The number of carbonyl (C=O) groups excluding carboxylic acids is 2. The minimum atomic E-state index is -0.236. The lowest BCUT2D eigenvalue weighted by molar-refractivity contribution is -0.140. The SMILES string of the molecule is COC(=O)CCCCC(=O)CCSC(=N)N. The van der Waals surface area contributed by atoms with Gasteiger partial charge in [0.1, 0.15) is 5.78 Å². The van der Waals surface area contributed by atoms with Crippen molar-refractivity contribution in [2.45, 2.75) is 32.1 Å². The molecule has 92 valence electrons. The summed E-state index contributed by atoms with van der Waals surface area (Å²) in [6.07, 6.45) is 2.67. The van der Waals surface area contributed by atoms with E-state index in [-0.39, 0.29) is 16.9 Å². The van der Waals surface area contributed by atoms with Crippen molar-refractivity contribution >= 4 is 28.7 Å². The Morgan fingerprint density at radius 1 is 1.25 bits per heavy atom. The van der Waals surface area contributed by atoms with E-state index in [1.165, 1.54) is 18.9 Å². The summed E-state index contributed by atoms with van der Waals surface area (Å²) in [6, 6.07) is 0. The Balaban J connectivity index is 3.37. The second kappa shape index (κ2) is 9.21. The average molecular weight is 246 g/mol. The number of carbonyl (C=O) groups is 2. The zero-order valence-corrected chi connectivity index (χ0v) is 10.3. The van der Waals surface area contributed by atoms with Gasteiger partial charge in [0.05, 0.1) is 7.11 Å². The van der Waals surface area contributed by atoms with E-state index in [0.29, 0.717) is 37.9 Å². The third-order valence-electron chi connectivity index (χ3n) is 1.95. The van der Waals surface area contributed by atoms with Gasteiger partial charge < -0.3 is 10.5 Å². The molecule has 3 N–H and O–H groups in total. The van der Waals surface area contributed by atoms with Gasteiger partial charge in [-0.3, -0.25) is 15.0 Å². The van der Waals surface area contributed by atoms with Crippen LogP contribution in [0.4, 0.5) is 0 Å². The van der Waals surface area contributed by atoms with E-state index in [4.69, 9.17) is 11.1 Å².